The summed E-state index contributed by atoms with van der Waals surface area (Å²) in [7, 11) is 0. The molecular weight excluding hydrogens is 172 g/mol. The van der Waals surface area contributed by atoms with Gasteiger partial charge in [-0.05, 0) is 26.2 Å². The summed E-state index contributed by atoms with van der Waals surface area (Å²) in [6.07, 6.45) is 1.06. The van der Waals surface area contributed by atoms with Crippen LogP contribution < -0.4 is 0 Å². The summed E-state index contributed by atoms with van der Waals surface area (Å²) in [6, 6.07) is 0. The van der Waals surface area contributed by atoms with Crippen molar-refractivity contribution in [3.8, 4) is 0 Å². The highest BCUT2D eigenvalue weighted by Crippen LogP contribution is 2.33. The van der Waals surface area contributed by atoms with Gasteiger partial charge in [0.25, 0.3) is 0 Å². The predicted molar refractivity (Wildman–Crippen MR) is 46.4 cm³/mol. The van der Waals surface area contributed by atoms with Crippen LogP contribution in [-0.2, 0) is 9.53 Å². The summed E-state index contributed by atoms with van der Waals surface area (Å²) >= 11 is 0. The first kappa shape index (κ1) is 10.5. The summed E-state index contributed by atoms with van der Waals surface area (Å²) < 4.78 is 5.16. The number of aliphatic carboxylic acids is 1. The van der Waals surface area contributed by atoms with E-state index >= 15 is 0 Å². The number of hydrogen-bond donors (Lipinski definition) is 2. The number of carboxylic acids is 1. The van der Waals surface area contributed by atoms with Crippen molar-refractivity contribution in [3.63, 3.8) is 0 Å². The molecule has 0 radical (unpaired) electrons. The fourth-order valence-electron chi connectivity index (χ4n) is 1.83. The topological polar surface area (TPSA) is 66.8 Å². The molecule has 4 nitrogen and oxygen atoms in total. The third-order valence-electron chi connectivity index (χ3n) is 2.46. The van der Waals surface area contributed by atoms with Gasteiger partial charge >= 0.3 is 5.97 Å². The Labute approximate surface area is 77.5 Å². The van der Waals surface area contributed by atoms with Crippen LogP contribution >= 0.6 is 0 Å². The average Bonchev–Trinajstić information content (AvgIpc) is 2.04. The van der Waals surface area contributed by atoms with Gasteiger partial charge in [0.05, 0.1) is 18.1 Å². The molecule has 1 fully saturated rings. The van der Waals surface area contributed by atoms with E-state index in [4.69, 9.17) is 9.84 Å². The lowest BCUT2D eigenvalue weighted by Gasteiger charge is -2.33. The minimum Gasteiger partial charge on any atom is -0.481 e. The number of carbonyl (C=O) groups is 1. The number of carboxylic acid groups (broad SMARTS) is 1. The molecule has 1 aliphatic rings. The van der Waals surface area contributed by atoms with E-state index in [0.29, 0.717) is 13.0 Å². The van der Waals surface area contributed by atoms with E-state index < -0.39 is 17.5 Å². The lowest BCUT2D eigenvalue weighted by Crippen LogP contribution is -2.41. The first-order valence-electron chi connectivity index (χ1n) is 4.56. The Morgan fingerprint density at radius 1 is 1.69 bits per heavy atom. The first-order chi connectivity index (χ1) is 6.07. The third-order valence-corrected chi connectivity index (χ3v) is 2.46. The predicted octanol–water partition coefficient (Wildman–Crippen LogP) is 0.639. The Morgan fingerprint density at radius 3 is 2.77 bits per heavy atom. The van der Waals surface area contributed by atoms with E-state index in [1.165, 1.54) is 0 Å². The largest absolute Gasteiger partial charge is 0.481 e. The molecule has 1 heterocycles. The summed E-state index contributed by atoms with van der Waals surface area (Å²) in [5.41, 5.74) is -0.855. The summed E-state index contributed by atoms with van der Waals surface area (Å²) in [6.45, 7) is 2.47. The molecule has 0 aromatic carbocycles. The monoisotopic (exact) mass is 188 g/mol. The van der Waals surface area contributed by atoms with Crippen LogP contribution in [0.4, 0.5) is 0 Å². The molecule has 1 saturated heterocycles. The molecule has 0 saturated carbocycles. The number of ether oxygens (including phenoxy) is 1. The minimum atomic E-state index is -0.855. The highest BCUT2D eigenvalue weighted by Gasteiger charge is 2.41. The Kier molecular flexibility index (Phi) is 3.27. The molecule has 2 N–H and O–H groups in total. The summed E-state index contributed by atoms with van der Waals surface area (Å²) in [4.78, 5) is 11.0. The van der Waals surface area contributed by atoms with Crippen molar-refractivity contribution < 1.29 is 19.7 Å². The van der Waals surface area contributed by atoms with Crippen LogP contribution in [0.15, 0.2) is 0 Å². The molecule has 2 unspecified atom stereocenters. The zero-order valence-electron chi connectivity index (χ0n) is 7.82. The van der Waals surface area contributed by atoms with Crippen LogP contribution in [0.3, 0.4) is 0 Å². The van der Waals surface area contributed by atoms with Crippen molar-refractivity contribution in [3.05, 3.63) is 0 Å². The van der Waals surface area contributed by atoms with Crippen molar-refractivity contribution >= 4 is 5.97 Å². The molecule has 0 bridgehead atoms. The molecular formula is C9H16O4. The van der Waals surface area contributed by atoms with Gasteiger partial charge < -0.3 is 14.9 Å². The van der Waals surface area contributed by atoms with Crippen LogP contribution in [0.5, 0.6) is 0 Å². The van der Waals surface area contributed by atoms with Gasteiger partial charge in [0.1, 0.15) is 0 Å². The molecule has 4 heteroatoms. The SMILES string of the molecule is CC(O)CC1(C(=O)O)CCCOC1. The van der Waals surface area contributed by atoms with Gasteiger partial charge in [-0.3, -0.25) is 4.79 Å². The van der Waals surface area contributed by atoms with Gasteiger partial charge in [0, 0.05) is 6.61 Å². The molecule has 0 aliphatic carbocycles. The molecule has 76 valence electrons. The minimum absolute atomic E-state index is 0.229. The number of rotatable bonds is 3. The zero-order valence-corrected chi connectivity index (χ0v) is 7.82. The van der Waals surface area contributed by atoms with Gasteiger partial charge in [0.15, 0.2) is 0 Å². The lowest BCUT2D eigenvalue weighted by molar-refractivity contribution is -0.160. The van der Waals surface area contributed by atoms with Crippen LogP contribution in [0.2, 0.25) is 0 Å². The fourth-order valence-corrected chi connectivity index (χ4v) is 1.83. The van der Waals surface area contributed by atoms with Crippen LogP contribution in [0.1, 0.15) is 26.2 Å². The second-order valence-electron chi connectivity index (χ2n) is 3.79. The standard InChI is InChI=1S/C9H16O4/c1-7(10)5-9(8(11)12)3-2-4-13-6-9/h7,10H,2-6H2,1H3,(H,11,12). The van der Waals surface area contributed by atoms with E-state index in [-0.39, 0.29) is 13.0 Å². The molecule has 0 aromatic rings. The Balaban J connectivity index is 2.67. The summed E-state index contributed by atoms with van der Waals surface area (Å²) in [5, 5.41) is 18.2. The van der Waals surface area contributed by atoms with Crippen molar-refractivity contribution in [2.75, 3.05) is 13.2 Å². The average molecular weight is 188 g/mol. The Hall–Kier alpha value is -0.610. The van der Waals surface area contributed by atoms with E-state index in [9.17, 15) is 9.90 Å². The lowest BCUT2D eigenvalue weighted by atomic mass is 9.78. The second kappa shape index (κ2) is 4.07. The molecule has 0 amide bonds. The molecule has 1 rings (SSSR count). The van der Waals surface area contributed by atoms with Crippen LogP contribution in [-0.4, -0.2) is 35.5 Å². The second-order valence-corrected chi connectivity index (χ2v) is 3.79. The quantitative estimate of drug-likeness (QED) is 0.682. The first-order valence-corrected chi connectivity index (χ1v) is 4.56. The molecule has 0 aromatic heterocycles. The molecule has 0 spiro atoms. The van der Waals surface area contributed by atoms with Crippen LogP contribution in [0.25, 0.3) is 0 Å². The number of aliphatic hydroxyl groups is 1. The summed E-state index contributed by atoms with van der Waals surface area (Å²) in [5.74, 6) is -0.854. The van der Waals surface area contributed by atoms with Gasteiger partial charge in [-0.15, -0.1) is 0 Å². The van der Waals surface area contributed by atoms with Crippen LogP contribution in [0, 0.1) is 5.41 Å². The fraction of sp³-hybridized carbons (Fsp3) is 0.889. The molecule has 2 atom stereocenters. The van der Waals surface area contributed by atoms with E-state index in [0.717, 1.165) is 6.42 Å². The molecule has 1 aliphatic heterocycles. The normalized spacial score (nSPS) is 31.2. The highest BCUT2D eigenvalue weighted by atomic mass is 16.5. The maximum Gasteiger partial charge on any atom is 0.312 e. The van der Waals surface area contributed by atoms with E-state index in [2.05, 4.69) is 0 Å². The van der Waals surface area contributed by atoms with Crippen molar-refractivity contribution in [2.45, 2.75) is 32.3 Å². The maximum atomic E-state index is 11.0. The number of hydrogen-bond acceptors (Lipinski definition) is 3. The van der Waals surface area contributed by atoms with E-state index in [1.54, 1.807) is 6.92 Å². The van der Waals surface area contributed by atoms with Gasteiger partial charge in [-0.2, -0.15) is 0 Å². The smallest absolute Gasteiger partial charge is 0.312 e. The van der Waals surface area contributed by atoms with Crippen molar-refractivity contribution in [1.29, 1.82) is 0 Å². The van der Waals surface area contributed by atoms with Gasteiger partial charge in [0.2, 0.25) is 0 Å². The number of aliphatic hydroxyl groups excluding tert-OH is 1. The highest BCUT2D eigenvalue weighted by molar-refractivity contribution is 5.75. The van der Waals surface area contributed by atoms with E-state index in [1.807, 2.05) is 0 Å². The third kappa shape index (κ3) is 2.42. The van der Waals surface area contributed by atoms with Gasteiger partial charge in [-0.25, -0.2) is 0 Å². The maximum absolute atomic E-state index is 11.0. The Bertz CT molecular complexity index is 182. The Morgan fingerprint density at radius 2 is 2.38 bits per heavy atom. The molecule has 13 heavy (non-hydrogen) atoms. The zero-order chi connectivity index (χ0) is 9.90. The van der Waals surface area contributed by atoms with Gasteiger partial charge in [-0.1, -0.05) is 0 Å². The van der Waals surface area contributed by atoms with Crippen molar-refractivity contribution in [1.82, 2.24) is 0 Å². The van der Waals surface area contributed by atoms with Crippen molar-refractivity contribution in [2.24, 2.45) is 5.41 Å².